The number of nitrogens with zero attached hydrogens (tertiary/aromatic N) is 2. The number of carbonyl (C=O) groups excluding carboxylic acids is 1. The van der Waals surface area contributed by atoms with Gasteiger partial charge in [-0.15, -0.1) is 0 Å². The van der Waals surface area contributed by atoms with Crippen molar-refractivity contribution in [2.75, 3.05) is 5.06 Å². The smallest absolute Gasteiger partial charge is 0.409 e. The molecule has 1 aromatic heterocycles. The van der Waals surface area contributed by atoms with Gasteiger partial charge in [0, 0.05) is 11.9 Å². The van der Waals surface area contributed by atoms with Crippen molar-refractivity contribution >= 4 is 23.4 Å². The van der Waals surface area contributed by atoms with Gasteiger partial charge in [0.1, 0.15) is 10.9 Å². The van der Waals surface area contributed by atoms with Gasteiger partial charge in [-0.25, -0.2) is 9.78 Å². The van der Waals surface area contributed by atoms with Crippen LogP contribution in [-0.2, 0) is 0 Å². The molecule has 0 saturated carbocycles. The van der Waals surface area contributed by atoms with Crippen LogP contribution >= 0.6 is 11.6 Å². The van der Waals surface area contributed by atoms with E-state index < -0.39 is 6.09 Å². The van der Waals surface area contributed by atoms with Crippen LogP contribution in [0.2, 0.25) is 5.15 Å². The lowest BCUT2D eigenvalue weighted by Gasteiger charge is -2.26. The first kappa shape index (κ1) is 12.3. The molecule has 0 aliphatic heterocycles. The monoisotopic (exact) mass is 263 g/mol. The number of amides is 1. The van der Waals surface area contributed by atoms with Crippen molar-refractivity contribution in [2.45, 2.75) is 0 Å². The van der Waals surface area contributed by atoms with Gasteiger partial charge in [0.25, 0.3) is 0 Å². The highest BCUT2D eigenvalue weighted by molar-refractivity contribution is 6.29. The molecule has 5 nitrogen and oxygen atoms in total. The number of aromatic nitrogens is 1. The summed E-state index contributed by atoms with van der Waals surface area (Å²) in [4.78, 5) is 15.3. The van der Waals surface area contributed by atoms with E-state index in [0.29, 0.717) is 5.75 Å². The fourth-order valence-electron chi connectivity index (χ4n) is 1.25. The average molecular weight is 264 g/mol. The summed E-state index contributed by atoms with van der Waals surface area (Å²) in [6.07, 6.45) is 0.293. The van der Waals surface area contributed by atoms with Gasteiger partial charge in [-0.3, -0.25) is 0 Å². The van der Waals surface area contributed by atoms with E-state index >= 15 is 0 Å². The number of carbonyl (C=O) groups is 1. The SMILES string of the molecule is O=C(Oc1ccccc1)N([O-])c1ccnc(Cl)c1. The van der Waals surface area contributed by atoms with Gasteiger partial charge in [0.2, 0.25) is 0 Å². The summed E-state index contributed by atoms with van der Waals surface area (Å²) in [7, 11) is 0. The minimum absolute atomic E-state index is 0.0657. The first-order valence-electron chi connectivity index (χ1n) is 5.02. The maximum atomic E-state index is 11.7. The maximum absolute atomic E-state index is 11.7. The lowest BCUT2D eigenvalue weighted by atomic mass is 10.3. The van der Waals surface area contributed by atoms with Gasteiger partial charge in [-0.2, -0.15) is 0 Å². The van der Waals surface area contributed by atoms with Crippen LogP contribution in [0.15, 0.2) is 48.7 Å². The van der Waals surface area contributed by atoms with Crippen LogP contribution in [0.5, 0.6) is 5.75 Å². The third-order valence-electron chi connectivity index (χ3n) is 2.06. The Bertz CT molecular complexity index is 548. The minimum Gasteiger partial charge on any atom is -0.749 e. The molecule has 0 unspecified atom stereocenters. The Morgan fingerprint density at radius 1 is 1.28 bits per heavy atom. The number of rotatable bonds is 2. The molecule has 1 amide bonds. The molecule has 0 radical (unpaired) electrons. The number of pyridine rings is 1. The van der Waals surface area contributed by atoms with Crippen molar-refractivity contribution in [3.05, 3.63) is 59.0 Å². The Hall–Kier alpha value is -2.11. The predicted octanol–water partition coefficient (Wildman–Crippen LogP) is 3.24. The van der Waals surface area contributed by atoms with Gasteiger partial charge in [0.05, 0.1) is 0 Å². The number of anilines is 1. The lowest BCUT2D eigenvalue weighted by molar-refractivity contribution is 0.210. The van der Waals surface area contributed by atoms with Crippen molar-refractivity contribution < 1.29 is 9.53 Å². The van der Waals surface area contributed by atoms with E-state index in [2.05, 4.69) is 4.98 Å². The number of ether oxygens (including phenoxy) is 1. The number of hydrogen-bond donors (Lipinski definition) is 0. The number of hydrogen-bond acceptors (Lipinski definition) is 4. The van der Waals surface area contributed by atoms with E-state index in [1.54, 1.807) is 30.3 Å². The zero-order valence-corrected chi connectivity index (χ0v) is 9.87. The number of halogens is 1. The molecular formula is C12H8ClN2O3-. The maximum Gasteiger partial charge on any atom is 0.409 e. The predicted molar refractivity (Wildman–Crippen MR) is 67.6 cm³/mol. The van der Waals surface area contributed by atoms with Crippen molar-refractivity contribution in [3.63, 3.8) is 0 Å². The fraction of sp³-hybridized carbons (Fsp3) is 0. The molecule has 0 bridgehead atoms. The van der Waals surface area contributed by atoms with E-state index in [9.17, 15) is 10.0 Å². The second-order valence-corrected chi connectivity index (χ2v) is 3.70. The molecule has 1 heterocycles. The van der Waals surface area contributed by atoms with E-state index in [1.165, 1.54) is 18.3 Å². The first-order chi connectivity index (χ1) is 8.66. The highest BCUT2D eigenvalue weighted by Gasteiger charge is 2.09. The Morgan fingerprint density at radius 2 is 2.00 bits per heavy atom. The molecule has 6 heteroatoms. The van der Waals surface area contributed by atoms with E-state index in [-0.39, 0.29) is 15.9 Å². The summed E-state index contributed by atoms with van der Waals surface area (Å²) < 4.78 is 4.88. The minimum atomic E-state index is -1.04. The third-order valence-corrected chi connectivity index (χ3v) is 2.27. The van der Waals surface area contributed by atoms with Crippen molar-refractivity contribution in [1.82, 2.24) is 4.98 Å². The van der Waals surface area contributed by atoms with Gasteiger partial charge in [-0.1, -0.05) is 29.8 Å². The van der Waals surface area contributed by atoms with Crippen LogP contribution in [0.1, 0.15) is 0 Å². The third kappa shape index (κ3) is 2.97. The molecule has 2 aromatic rings. The fourth-order valence-corrected chi connectivity index (χ4v) is 1.42. The number of hydroxylamine groups is 1. The molecule has 0 aliphatic carbocycles. The summed E-state index contributed by atoms with van der Waals surface area (Å²) in [5.41, 5.74) is 0.0657. The normalized spacial score (nSPS) is 9.89. The van der Waals surface area contributed by atoms with Crippen LogP contribution in [0.4, 0.5) is 10.5 Å². The Kier molecular flexibility index (Phi) is 3.76. The largest absolute Gasteiger partial charge is 0.749 e. The molecule has 0 saturated heterocycles. The van der Waals surface area contributed by atoms with Gasteiger partial charge >= 0.3 is 6.09 Å². The molecule has 0 aliphatic rings. The molecular weight excluding hydrogens is 256 g/mol. The zero-order valence-electron chi connectivity index (χ0n) is 9.12. The number of benzene rings is 1. The summed E-state index contributed by atoms with van der Waals surface area (Å²) in [5, 5.41) is 11.9. The van der Waals surface area contributed by atoms with E-state index in [0.717, 1.165) is 0 Å². The second-order valence-electron chi connectivity index (χ2n) is 3.31. The lowest BCUT2D eigenvalue weighted by Crippen LogP contribution is -2.27. The standard InChI is InChI=1S/C12H8ClN2O3/c13-11-8-9(6-7-14-11)15(17)12(16)18-10-4-2-1-3-5-10/h1-8H/q-1. The molecule has 2 rings (SSSR count). The van der Waals surface area contributed by atoms with Crippen molar-refractivity contribution in [1.29, 1.82) is 0 Å². The zero-order chi connectivity index (χ0) is 13.0. The summed E-state index contributed by atoms with van der Waals surface area (Å²) in [5.74, 6) is 0.295. The topological polar surface area (TPSA) is 65.5 Å². The highest BCUT2D eigenvalue weighted by Crippen LogP contribution is 2.18. The Balaban J connectivity index is 2.10. The van der Waals surface area contributed by atoms with Gasteiger partial charge in [-0.05, 0) is 24.3 Å². The van der Waals surface area contributed by atoms with Gasteiger partial charge < -0.3 is 15.0 Å². The Labute approximate surface area is 108 Å². The summed E-state index contributed by atoms with van der Waals surface area (Å²) in [6, 6.07) is 11.0. The average Bonchev–Trinajstić information content (AvgIpc) is 2.39. The number of para-hydroxylation sites is 1. The van der Waals surface area contributed by atoms with Crippen LogP contribution in [0.3, 0.4) is 0 Å². The second kappa shape index (κ2) is 5.48. The van der Waals surface area contributed by atoms with Crippen LogP contribution in [0, 0.1) is 5.21 Å². The van der Waals surface area contributed by atoms with Crippen LogP contribution in [-0.4, -0.2) is 11.1 Å². The quantitative estimate of drug-likeness (QED) is 0.616. The van der Waals surface area contributed by atoms with Crippen molar-refractivity contribution in [3.8, 4) is 5.75 Å². The highest BCUT2D eigenvalue weighted by atomic mass is 35.5. The Morgan fingerprint density at radius 3 is 2.67 bits per heavy atom. The molecule has 0 atom stereocenters. The summed E-state index contributed by atoms with van der Waals surface area (Å²) >= 11 is 5.63. The van der Waals surface area contributed by atoms with Crippen LogP contribution < -0.4 is 9.80 Å². The molecule has 0 N–H and O–H groups in total. The van der Waals surface area contributed by atoms with Crippen LogP contribution in [0.25, 0.3) is 0 Å². The molecule has 0 spiro atoms. The molecule has 1 aromatic carbocycles. The van der Waals surface area contributed by atoms with E-state index in [1.807, 2.05) is 0 Å². The molecule has 0 fully saturated rings. The molecule has 18 heavy (non-hydrogen) atoms. The van der Waals surface area contributed by atoms with E-state index in [4.69, 9.17) is 16.3 Å². The van der Waals surface area contributed by atoms with Crippen molar-refractivity contribution in [2.24, 2.45) is 0 Å². The molecule has 92 valence electrons. The van der Waals surface area contributed by atoms with Gasteiger partial charge in [0.15, 0.2) is 0 Å². The summed E-state index contributed by atoms with van der Waals surface area (Å²) in [6.45, 7) is 0. The first-order valence-corrected chi connectivity index (χ1v) is 5.40.